The fourth-order valence-corrected chi connectivity index (χ4v) is 4.87. The lowest BCUT2D eigenvalue weighted by atomic mass is 9.99. The van der Waals surface area contributed by atoms with Gasteiger partial charge in [-0.15, -0.1) is 16.4 Å². The fraction of sp³-hybridized carbons (Fsp3) is 0.333. The molecule has 1 N–H and O–H groups in total. The summed E-state index contributed by atoms with van der Waals surface area (Å²) in [4.78, 5) is 30.4. The first-order valence-electron chi connectivity index (χ1n) is 11.8. The van der Waals surface area contributed by atoms with Crippen LogP contribution in [0, 0.1) is 0 Å². The van der Waals surface area contributed by atoms with Crippen LogP contribution in [-0.2, 0) is 22.7 Å². The van der Waals surface area contributed by atoms with Crippen LogP contribution in [0.4, 0.5) is 0 Å². The molecular formula is C27H31N5O4S. The highest BCUT2D eigenvalue weighted by molar-refractivity contribution is 7.09. The molecule has 0 fully saturated rings. The van der Waals surface area contributed by atoms with Crippen LogP contribution in [0.15, 0.2) is 60.0 Å². The topological polar surface area (TPSA) is 98.6 Å². The Balaban J connectivity index is 1.82. The summed E-state index contributed by atoms with van der Waals surface area (Å²) in [7, 11) is 3.06. The number of thiophene rings is 1. The third kappa shape index (κ3) is 5.91. The Hall–Kier alpha value is -3.92. The molecule has 4 rings (SSSR count). The van der Waals surface area contributed by atoms with Crippen molar-refractivity contribution < 1.29 is 19.1 Å². The number of amides is 2. The molecule has 0 aliphatic carbocycles. The van der Waals surface area contributed by atoms with Gasteiger partial charge < -0.3 is 19.7 Å². The number of nitrogens with zero attached hydrogens (tertiary/aromatic N) is 4. The summed E-state index contributed by atoms with van der Waals surface area (Å²) in [6.45, 7) is 5.84. The molecule has 0 bridgehead atoms. The molecule has 9 nitrogen and oxygen atoms in total. The first-order chi connectivity index (χ1) is 17.7. The third-order valence-electron chi connectivity index (χ3n) is 5.72. The van der Waals surface area contributed by atoms with E-state index in [4.69, 9.17) is 9.47 Å². The van der Waals surface area contributed by atoms with E-state index in [1.807, 2.05) is 62.5 Å². The number of rotatable bonds is 9. The molecule has 2 aromatic heterocycles. The lowest BCUT2D eigenvalue weighted by Crippen LogP contribution is -2.49. The van der Waals surface area contributed by atoms with Crippen molar-refractivity contribution in [2.45, 2.75) is 45.4 Å². The number of carbonyl (C=O) groups is 2. The lowest BCUT2D eigenvalue weighted by Gasteiger charge is -2.34. The smallest absolute Gasteiger partial charge is 0.248 e. The minimum absolute atomic E-state index is 0.0858. The Bertz CT molecular complexity index is 1380. The monoisotopic (exact) mass is 521 g/mol. The Morgan fingerprint density at radius 1 is 1.05 bits per heavy atom. The van der Waals surface area contributed by atoms with Crippen molar-refractivity contribution in [1.82, 2.24) is 25.2 Å². The second-order valence-corrected chi connectivity index (χ2v) is 10.6. The van der Waals surface area contributed by atoms with Gasteiger partial charge in [-0.05, 0) is 50.4 Å². The molecule has 0 saturated carbocycles. The number of benzene rings is 2. The number of hydrogen-bond acceptors (Lipinski definition) is 7. The zero-order valence-electron chi connectivity index (χ0n) is 21.6. The van der Waals surface area contributed by atoms with Crippen LogP contribution in [0.2, 0.25) is 0 Å². The van der Waals surface area contributed by atoms with Crippen molar-refractivity contribution in [2.24, 2.45) is 0 Å². The van der Waals surface area contributed by atoms with Crippen LogP contribution >= 0.6 is 11.3 Å². The number of ether oxygens (including phenoxy) is 2. The Morgan fingerprint density at radius 3 is 2.51 bits per heavy atom. The largest absolute Gasteiger partial charge is 0.493 e. The quantitative estimate of drug-likeness (QED) is 0.355. The van der Waals surface area contributed by atoms with E-state index < -0.39 is 11.6 Å². The van der Waals surface area contributed by atoms with E-state index in [0.717, 1.165) is 10.4 Å². The van der Waals surface area contributed by atoms with Crippen molar-refractivity contribution >= 4 is 34.2 Å². The third-order valence-corrected chi connectivity index (χ3v) is 6.58. The SMILES string of the molecule is COc1cccc([C@@H](C(=O)NC(C)(C)C)N(Cc2cccs2)C(=O)Cn2nnc3ccccc32)c1OC. The maximum absolute atomic E-state index is 14.0. The average Bonchev–Trinajstić information content (AvgIpc) is 3.52. The summed E-state index contributed by atoms with van der Waals surface area (Å²) in [6, 6.07) is 15.6. The Morgan fingerprint density at radius 2 is 1.84 bits per heavy atom. The lowest BCUT2D eigenvalue weighted by molar-refractivity contribution is -0.142. The van der Waals surface area contributed by atoms with Gasteiger partial charge in [0.2, 0.25) is 11.8 Å². The van der Waals surface area contributed by atoms with E-state index >= 15 is 0 Å². The Labute approximate surface area is 220 Å². The van der Waals surface area contributed by atoms with Crippen LogP contribution in [0.25, 0.3) is 11.0 Å². The van der Waals surface area contributed by atoms with Gasteiger partial charge in [0.1, 0.15) is 18.1 Å². The first kappa shape index (κ1) is 26.2. The molecule has 4 aromatic rings. The van der Waals surface area contributed by atoms with Crippen LogP contribution in [0.5, 0.6) is 11.5 Å². The number of carbonyl (C=O) groups excluding carboxylic acids is 2. The van der Waals surface area contributed by atoms with Crippen molar-refractivity contribution in [3.05, 3.63) is 70.4 Å². The van der Waals surface area contributed by atoms with Crippen LogP contribution in [0.1, 0.15) is 37.3 Å². The van der Waals surface area contributed by atoms with E-state index in [1.54, 1.807) is 27.8 Å². The molecule has 194 valence electrons. The Kier molecular flexibility index (Phi) is 7.77. The van der Waals surface area contributed by atoms with E-state index in [1.165, 1.54) is 25.6 Å². The van der Waals surface area contributed by atoms with Crippen LogP contribution < -0.4 is 14.8 Å². The molecule has 2 aromatic carbocycles. The number of methoxy groups -OCH3 is 2. The molecule has 10 heteroatoms. The van der Waals surface area contributed by atoms with E-state index in [-0.39, 0.29) is 24.9 Å². The summed E-state index contributed by atoms with van der Waals surface area (Å²) < 4.78 is 12.8. The summed E-state index contributed by atoms with van der Waals surface area (Å²) in [5, 5.41) is 13.4. The first-order valence-corrected chi connectivity index (χ1v) is 12.7. The van der Waals surface area contributed by atoms with E-state index in [0.29, 0.717) is 22.6 Å². The summed E-state index contributed by atoms with van der Waals surface area (Å²) >= 11 is 1.52. The second-order valence-electron chi connectivity index (χ2n) is 9.56. The van der Waals surface area contributed by atoms with Gasteiger partial charge in [0.05, 0.1) is 26.3 Å². The molecule has 37 heavy (non-hydrogen) atoms. The summed E-state index contributed by atoms with van der Waals surface area (Å²) in [5.41, 5.74) is 1.43. The van der Waals surface area contributed by atoms with E-state index in [2.05, 4.69) is 15.6 Å². The van der Waals surface area contributed by atoms with Crippen molar-refractivity contribution in [3.63, 3.8) is 0 Å². The van der Waals surface area contributed by atoms with Gasteiger partial charge in [0.15, 0.2) is 11.5 Å². The molecule has 0 aliphatic rings. The van der Waals surface area contributed by atoms with Gasteiger partial charge >= 0.3 is 0 Å². The van der Waals surface area contributed by atoms with Crippen molar-refractivity contribution in [2.75, 3.05) is 14.2 Å². The highest BCUT2D eigenvalue weighted by atomic mass is 32.1. The minimum atomic E-state index is -0.992. The minimum Gasteiger partial charge on any atom is -0.493 e. The molecule has 2 heterocycles. The van der Waals surface area contributed by atoms with Gasteiger partial charge in [-0.3, -0.25) is 9.59 Å². The fourth-order valence-electron chi connectivity index (χ4n) is 4.16. The van der Waals surface area contributed by atoms with Crippen LogP contribution in [-0.4, -0.2) is 51.5 Å². The zero-order chi connectivity index (χ0) is 26.6. The van der Waals surface area contributed by atoms with Gasteiger partial charge in [-0.2, -0.15) is 0 Å². The van der Waals surface area contributed by atoms with E-state index in [9.17, 15) is 9.59 Å². The zero-order valence-corrected chi connectivity index (χ0v) is 22.4. The second kappa shape index (κ2) is 11.0. The van der Waals surface area contributed by atoms with Crippen LogP contribution in [0.3, 0.4) is 0 Å². The van der Waals surface area contributed by atoms with Gasteiger partial charge in [0.25, 0.3) is 0 Å². The molecule has 0 radical (unpaired) electrons. The highest BCUT2D eigenvalue weighted by Crippen LogP contribution is 2.38. The standard InChI is InChI=1S/C27H31N5O4S/c1-27(2,3)28-26(34)24(19-11-8-14-22(35-4)25(19)36-5)31(16-18-10-9-15-37-18)23(33)17-32-21-13-7-6-12-20(21)29-30-32/h6-15,24H,16-17H2,1-5H3,(H,28,34)/t24-/m0/s1. The molecule has 0 unspecified atom stereocenters. The predicted octanol–water partition coefficient (Wildman–Crippen LogP) is 4.19. The van der Waals surface area contributed by atoms with Gasteiger partial charge in [-0.25, -0.2) is 4.68 Å². The molecule has 0 saturated heterocycles. The average molecular weight is 522 g/mol. The number of nitrogens with one attached hydrogen (secondary N) is 1. The maximum Gasteiger partial charge on any atom is 0.248 e. The molecule has 0 aliphatic heterocycles. The van der Waals surface area contributed by atoms with Crippen molar-refractivity contribution in [1.29, 1.82) is 0 Å². The van der Waals surface area contributed by atoms with Crippen molar-refractivity contribution in [3.8, 4) is 11.5 Å². The normalized spacial score (nSPS) is 12.2. The molecule has 1 atom stereocenters. The maximum atomic E-state index is 14.0. The van der Waals surface area contributed by atoms with Gasteiger partial charge in [-0.1, -0.05) is 35.5 Å². The van der Waals surface area contributed by atoms with Gasteiger partial charge in [0, 0.05) is 16.0 Å². The summed E-state index contributed by atoms with van der Waals surface area (Å²) in [6.07, 6.45) is 0. The molecule has 0 spiro atoms. The molecular weight excluding hydrogens is 490 g/mol. The highest BCUT2D eigenvalue weighted by Gasteiger charge is 2.36. The number of fused-ring (bicyclic) bond motifs is 1. The number of aromatic nitrogens is 3. The summed E-state index contributed by atoms with van der Waals surface area (Å²) in [5.74, 6) is 0.254. The number of para-hydroxylation sites is 2. The number of hydrogen-bond donors (Lipinski definition) is 1. The molecule has 2 amide bonds. The predicted molar refractivity (Wildman–Crippen MR) is 143 cm³/mol.